The molecule has 0 bridgehead atoms. The van der Waals surface area contributed by atoms with Gasteiger partial charge in [0.25, 0.3) is 11.5 Å². The topological polar surface area (TPSA) is 103 Å². The second kappa shape index (κ2) is 6.63. The summed E-state index contributed by atoms with van der Waals surface area (Å²) >= 11 is 0. The van der Waals surface area contributed by atoms with Gasteiger partial charge in [0.05, 0.1) is 0 Å². The molecule has 0 saturated carbocycles. The van der Waals surface area contributed by atoms with Gasteiger partial charge in [0, 0.05) is 18.7 Å². The number of amides is 1. The Labute approximate surface area is 141 Å². The molecule has 9 heteroatoms. The molecule has 2 heterocycles. The summed E-state index contributed by atoms with van der Waals surface area (Å²) in [5, 5.41) is 10.3. The molecule has 0 fully saturated rings. The molecule has 1 N–H and O–H groups in total. The number of halogens is 1. The van der Waals surface area contributed by atoms with E-state index in [4.69, 9.17) is 4.52 Å². The van der Waals surface area contributed by atoms with Gasteiger partial charge in [-0.1, -0.05) is 17.3 Å². The highest BCUT2D eigenvalue weighted by Crippen LogP contribution is 2.19. The second-order valence-corrected chi connectivity index (χ2v) is 5.34. The number of rotatable bonds is 4. The first-order valence-electron chi connectivity index (χ1n) is 7.39. The van der Waals surface area contributed by atoms with Gasteiger partial charge in [-0.05, 0) is 25.1 Å². The van der Waals surface area contributed by atoms with Crippen molar-refractivity contribution < 1.29 is 13.7 Å². The van der Waals surface area contributed by atoms with E-state index in [9.17, 15) is 14.0 Å². The summed E-state index contributed by atoms with van der Waals surface area (Å²) in [5.41, 5.74) is 0.230. The highest BCUT2D eigenvalue weighted by Gasteiger charge is 2.19. The van der Waals surface area contributed by atoms with Crippen molar-refractivity contribution in [3.8, 4) is 11.4 Å². The van der Waals surface area contributed by atoms with Crippen LogP contribution in [-0.2, 0) is 7.05 Å². The lowest BCUT2D eigenvalue weighted by Crippen LogP contribution is -2.30. The number of nitrogens with zero attached hydrogens (tertiary/aromatic N) is 4. The smallest absolute Gasteiger partial charge is 0.272 e. The molecule has 2 aromatic heterocycles. The number of carbonyl (C=O) groups is 1. The summed E-state index contributed by atoms with van der Waals surface area (Å²) in [6, 6.07) is 7.77. The van der Waals surface area contributed by atoms with Gasteiger partial charge >= 0.3 is 0 Å². The largest absolute Gasteiger partial charge is 0.339 e. The van der Waals surface area contributed by atoms with Crippen molar-refractivity contribution in [1.82, 2.24) is 25.2 Å². The number of hydrogen-bond acceptors (Lipinski definition) is 6. The molecule has 1 aromatic carbocycles. The third kappa shape index (κ3) is 3.60. The SMILES string of the molecule is CC(NC(=O)c1ccc(=O)n(C)n1)c1nc(-c2cccc(F)c2)no1. The molecule has 0 aliphatic heterocycles. The third-order valence-electron chi connectivity index (χ3n) is 3.44. The number of benzene rings is 1. The lowest BCUT2D eigenvalue weighted by Gasteiger charge is -2.09. The van der Waals surface area contributed by atoms with Gasteiger partial charge in [-0.25, -0.2) is 9.07 Å². The molecule has 25 heavy (non-hydrogen) atoms. The first-order chi connectivity index (χ1) is 11.9. The van der Waals surface area contributed by atoms with Gasteiger partial charge in [0.1, 0.15) is 17.6 Å². The van der Waals surface area contributed by atoms with Crippen molar-refractivity contribution in [1.29, 1.82) is 0 Å². The van der Waals surface area contributed by atoms with Gasteiger partial charge in [0.15, 0.2) is 0 Å². The molecule has 1 unspecified atom stereocenters. The molecule has 0 aliphatic carbocycles. The number of carbonyl (C=O) groups excluding carboxylic acids is 1. The Kier molecular flexibility index (Phi) is 4.38. The highest BCUT2D eigenvalue weighted by atomic mass is 19.1. The Morgan fingerprint density at radius 3 is 2.84 bits per heavy atom. The normalized spacial score (nSPS) is 12.0. The molecule has 1 atom stereocenters. The first kappa shape index (κ1) is 16.5. The summed E-state index contributed by atoms with van der Waals surface area (Å²) in [6.07, 6.45) is 0. The first-order valence-corrected chi connectivity index (χ1v) is 7.39. The second-order valence-electron chi connectivity index (χ2n) is 5.34. The van der Waals surface area contributed by atoms with Gasteiger partial charge < -0.3 is 9.84 Å². The van der Waals surface area contributed by atoms with Crippen LogP contribution in [0.1, 0.15) is 29.3 Å². The number of nitrogens with one attached hydrogen (secondary N) is 1. The standard InChI is InChI=1S/C16H14FN5O3/c1-9(18-15(24)12-6-7-13(23)22(2)20-12)16-19-14(21-25-16)10-4-3-5-11(17)8-10/h3-9H,1-2H3,(H,18,24). The lowest BCUT2D eigenvalue weighted by atomic mass is 10.2. The molecule has 0 radical (unpaired) electrons. The van der Waals surface area contributed by atoms with Crippen LogP contribution < -0.4 is 10.9 Å². The van der Waals surface area contributed by atoms with Crippen LogP contribution in [0, 0.1) is 5.82 Å². The van der Waals surface area contributed by atoms with Crippen LogP contribution in [0.2, 0.25) is 0 Å². The average Bonchev–Trinajstić information content (AvgIpc) is 3.07. The van der Waals surface area contributed by atoms with E-state index in [1.54, 1.807) is 13.0 Å². The molecular weight excluding hydrogens is 329 g/mol. The van der Waals surface area contributed by atoms with E-state index in [0.29, 0.717) is 5.56 Å². The molecule has 3 rings (SSSR count). The lowest BCUT2D eigenvalue weighted by molar-refractivity contribution is 0.0925. The Hall–Kier alpha value is -3.36. The van der Waals surface area contributed by atoms with Gasteiger partial charge in [-0.3, -0.25) is 9.59 Å². The minimum absolute atomic E-state index is 0.0822. The fraction of sp³-hybridized carbons (Fsp3) is 0.188. The van der Waals surface area contributed by atoms with Crippen LogP contribution in [0.4, 0.5) is 4.39 Å². The third-order valence-corrected chi connectivity index (χ3v) is 3.44. The van der Waals surface area contributed by atoms with Crippen LogP contribution in [0.15, 0.2) is 45.7 Å². The maximum atomic E-state index is 13.3. The van der Waals surface area contributed by atoms with Crippen molar-refractivity contribution in [2.75, 3.05) is 0 Å². The minimum atomic E-state index is -0.596. The summed E-state index contributed by atoms with van der Waals surface area (Å²) in [6.45, 7) is 1.66. The van der Waals surface area contributed by atoms with Crippen LogP contribution in [0.5, 0.6) is 0 Å². The number of aryl methyl sites for hydroxylation is 1. The van der Waals surface area contributed by atoms with E-state index in [2.05, 4.69) is 20.6 Å². The molecule has 0 aliphatic rings. The zero-order chi connectivity index (χ0) is 18.0. The average molecular weight is 343 g/mol. The molecule has 3 aromatic rings. The molecule has 1 amide bonds. The van der Waals surface area contributed by atoms with Crippen molar-refractivity contribution in [3.63, 3.8) is 0 Å². The monoisotopic (exact) mass is 343 g/mol. The van der Waals surface area contributed by atoms with E-state index in [1.807, 2.05) is 0 Å². The van der Waals surface area contributed by atoms with E-state index in [-0.39, 0.29) is 23.0 Å². The summed E-state index contributed by atoms with van der Waals surface area (Å²) < 4.78 is 19.5. The summed E-state index contributed by atoms with van der Waals surface area (Å²) in [5.74, 6) is -0.521. The maximum Gasteiger partial charge on any atom is 0.272 e. The van der Waals surface area contributed by atoms with E-state index in [1.165, 1.54) is 37.4 Å². The van der Waals surface area contributed by atoms with Crippen LogP contribution in [0.3, 0.4) is 0 Å². The Bertz CT molecular complexity index is 982. The zero-order valence-corrected chi connectivity index (χ0v) is 13.4. The minimum Gasteiger partial charge on any atom is -0.339 e. The Morgan fingerprint density at radius 1 is 1.32 bits per heavy atom. The van der Waals surface area contributed by atoms with Crippen LogP contribution >= 0.6 is 0 Å². The fourth-order valence-corrected chi connectivity index (χ4v) is 2.11. The molecule has 0 spiro atoms. The fourth-order valence-electron chi connectivity index (χ4n) is 2.11. The van der Waals surface area contributed by atoms with Gasteiger partial charge in [-0.2, -0.15) is 10.1 Å². The van der Waals surface area contributed by atoms with E-state index in [0.717, 1.165) is 4.68 Å². The van der Waals surface area contributed by atoms with Crippen molar-refractivity contribution in [2.24, 2.45) is 7.05 Å². The molecule has 0 saturated heterocycles. The van der Waals surface area contributed by atoms with Gasteiger partial charge in [-0.15, -0.1) is 0 Å². The molecule has 8 nitrogen and oxygen atoms in total. The zero-order valence-electron chi connectivity index (χ0n) is 13.4. The highest BCUT2D eigenvalue weighted by molar-refractivity contribution is 5.92. The van der Waals surface area contributed by atoms with E-state index < -0.39 is 17.8 Å². The number of hydrogen-bond donors (Lipinski definition) is 1. The predicted octanol–water partition coefficient (Wildman–Crippen LogP) is 1.46. The quantitative estimate of drug-likeness (QED) is 0.769. The van der Waals surface area contributed by atoms with Crippen LogP contribution in [-0.4, -0.2) is 25.8 Å². The van der Waals surface area contributed by atoms with Crippen molar-refractivity contribution >= 4 is 5.91 Å². The van der Waals surface area contributed by atoms with Gasteiger partial charge in [0.2, 0.25) is 11.7 Å². The summed E-state index contributed by atoms with van der Waals surface area (Å²) in [7, 11) is 1.45. The summed E-state index contributed by atoms with van der Waals surface area (Å²) in [4.78, 5) is 27.7. The predicted molar refractivity (Wildman–Crippen MR) is 85.1 cm³/mol. The Balaban J connectivity index is 1.75. The number of aromatic nitrogens is 4. The maximum absolute atomic E-state index is 13.3. The molecular formula is C16H14FN5O3. The van der Waals surface area contributed by atoms with Crippen molar-refractivity contribution in [2.45, 2.75) is 13.0 Å². The van der Waals surface area contributed by atoms with Crippen LogP contribution in [0.25, 0.3) is 11.4 Å². The Morgan fingerprint density at radius 2 is 2.12 bits per heavy atom. The van der Waals surface area contributed by atoms with Crippen molar-refractivity contribution in [3.05, 3.63) is 64.2 Å². The van der Waals surface area contributed by atoms with E-state index >= 15 is 0 Å². The molecule has 128 valence electrons.